The second-order valence-electron chi connectivity index (χ2n) is 4.79. The van der Waals surface area contributed by atoms with Crippen molar-refractivity contribution in [2.24, 2.45) is 0 Å². The van der Waals surface area contributed by atoms with Gasteiger partial charge in [0.15, 0.2) is 11.3 Å². The molecule has 6 nitrogen and oxygen atoms in total. The van der Waals surface area contributed by atoms with Crippen LogP contribution in [0.1, 0.15) is 10.5 Å². The molecule has 0 fully saturated rings. The Labute approximate surface area is 125 Å². The van der Waals surface area contributed by atoms with Gasteiger partial charge < -0.3 is 5.32 Å². The second-order valence-corrected chi connectivity index (χ2v) is 4.79. The topological polar surface area (TPSA) is 72.2 Å². The standard InChI is InChI=1S/C16H11N5O/c22-16(18-11-6-2-1-3-7-11)14-15-20-17-10-21(15)13-9-5-4-8-12(13)19-14/h1-10H,(H,18,22). The van der Waals surface area contributed by atoms with Crippen LogP contribution >= 0.6 is 0 Å². The third-order valence-electron chi connectivity index (χ3n) is 3.38. The van der Waals surface area contributed by atoms with E-state index in [4.69, 9.17) is 0 Å². The summed E-state index contributed by atoms with van der Waals surface area (Å²) in [7, 11) is 0. The Balaban J connectivity index is 1.86. The summed E-state index contributed by atoms with van der Waals surface area (Å²) in [6, 6.07) is 16.8. The maximum Gasteiger partial charge on any atom is 0.278 e. The number of benzene rings is 2. The summed E-state index contributed by atoms with van der Waals surface area (Å²) in [6.07, 6.45) is 1.58. The molecular formula is C16H11N5O. The van der Waals surface area contributed by atoms with E-state index in [1.807, 2.05) is 54.6 Å². The molecule has 2 aromatic carbocycles. The third kappa shape index (κ3) is 1.98. The van der Waals surface area contributed by atoms with Crippen molar-refractivity contribution in [2.45, 2.75) is 0 Å². The molecule has 106 valence electrons. The molecular weight excluding hydrogens is 278 g/mol. The molecule has 0 bridgehead atoms. The summed E-state index contributed by atoms with van der Waals surface area (Å²) in [6.45, 7) is 0. The Morgan fingerprint density at radius 3 is 2.64 bits per heavy atom. The lowest BCUT2D eigenvalue weighted by Crippen LogP contribution is -2.15. The zero-order valence-corrected chi connectivity index (χ0v) is 11.5. The Kier molecular flexibility index (Phi) is 2.79. The van der Waals surface area contributed by atoms with Gasteiger partial charge in [-0.2, -0.15) is 0 Å². The first-order chi connectivity index (χ1) is 10.8. The van der Waals surface area contributed by atoms with Gasteiger partial charge >= 0.3 is 0 Å². The van der Waals surface area contributed by atoms with Gasteiger partial charge in [0.2, 0.25) is 0 Å². The van der Waals surface area contributed by atoms with Crippen molar-refractivity contribution in [1.29, 1.82) is 0 Å². The zero-order chi connectivity index (χ0) is 14.9. The molecule has 1 N–H and O–H groups in total. The van der Waals surface area contributed by atoms with Crippen molar-refractivity contribution in [3.8, 4) is 0 Å². The number of nitrogens with zero attached hydrogens (tertiary/aromatic N) is 4. The summed E-state index contributed by atoms with van der Waals surface area (Å²) in [4.78, 5) is 17.0. The molecule has 4 aromatic rings. The van der Waals surface area contributed by atoms with Crippen LogP contribution in [0.25, 0.3) is 16.7 Å². The van der Waals surface area contributed by atoms with E-state index in [9.17, 15) is 4.79 Å². The molecule has 0 saturated heterocycles. The number of rotatable bonds is 2. The van der Waals surface area contributed by atoms with Crippen molar-refractivity contribution in [2.75, 3.05) is 5.32 Å². The fourth-order valence-corrected chi connectivity index (χ4v) is 2.37. The first-order valence-corrected chi connectivity index (χ1v) is 6.78. The summed E-state index contributed by atoms with van der Waals surface area (Å²) in [5.74, 6) is -0.310. The van der Waals surface area contributed by atoms with Gasteiger partial charge in [-0.1, -0.05) is 30.3 Å². The molecule has 0 radical (unpaired) electrons. The van der Waals surface area contributed by atoms with Crippen LogP contribution in [-0.2, 0) is 0 Å². The van der Waals surface area contributed by atoms with Gasteiger partial charge in [-0.3, -0.25) is 9.20 Å². The normalized spacial score (nSPS) is 10.9. The fraction of sp³-hybridized carbons (Fsp3) is 0. The number of carbonyl (C=O) groups is 1. The van der Waals surface area contributed by atoms with Crippen molar-refractivity contribution in [1.82, 2.24) is 19.6 Å². The number of nitrogens with one attached hydrogen (secondary N) is 1. The second kappa shape index (κ2) is 4.92. The van der Waals surface area contributed by atoms with E-state index in [1.165, 1.54) is 0 Å². The number of hydrogen-bond donors (Lipinski definition) is 1. The predicted molar refractivity (Wildman–Crippen MR) is 82.7 cm³/mol. The number of hydrogen-bond acceptors (Lipinski definition) is 4. The van der Waals surface area contributed by atoms with Crippen LogP contribution in [0, 0.1) is 0 Å². The molecule has 2 aromatic heterocycles. The van der Waals surface area contributed by atoms with E-state index in [0.29, 0.717) is 16.9 Å². The van der Waals surface area contributed by atoms with Crippen molar-refractivity contribution < 1.29 is 4.79 Å². The third-order valence-corrected chi connectivity index (χ3v) is 3.38. The molecule has 0 atom stereocenters. The molecule has 0 spiro atoms. The highest BCUT2D eigenvalue weighted by molar-refractivity contribution is 6.07. The van der Waals surface area contributed by atoms with Crippen LogP contribution in [-0.4, -0.2) is 25.5 Å². The molecule has 6 heteroatoms. The quantitative estimate of drug-likeness (QED) is 0.615. The molecule has 0 aliphatic heterocycles. The number of amides is 1. The molecule has 0 aliphatic carbocycles. The van der Waals surface area contributed by atoms with Crippen LogP contribution in [0.3, 0.4) is 0 Å². The highest BCUT2D eigenvalue weighted by atomic mass is 16.1. The Hall–Kier alpha value is -3.28. The Bertz CT molecular complexity index is 978. The van der Waals surface area contributed by atoms with E-state index in [-0.39, 0.29) is 11.6 Å². The number of carbonyl (C=O) groups excluding carboxylic acids is 1. The van der Waals surface area contributed by atoms with Crippen LogP contribution in [0.2, 0.25) is 0 Å². The minimum absolute atomic E-state index is 0.250. The van der Waals surface area contributed by atoms with E-state index in [2.05, 4.69) is 20.5 Å². The molecule has 1 amide bonds. The summed E-state index contributed by atoms with van der Waals surface area (Å²) in [5.41, 5.74) is 2.97. The van der Waals surface area contributed by atoms with Gasteiger partial charge in [0.1, 0.15) is 6.33 Å². The van der Waals surface area contributed by atoms with Crippen molar-refractivity contribution >= 4 is 28.3 Å². The number of fused-ring (bicyclic) bond motifs is 3. The molecule has 4 rings (SSSR count). The fourth-order valence-electron chi connectivity index (χ4n) is 2.37. The average molecular weight is 289 g/mol. The van der Waals surface area contributed by atoms with Gasteiger partial charge in [0, 0.05) is 5.69 Å². The summed E-state index contributed by atoms with van der Waals surface area (Å²) < 4.78 is 1.77. The maximum absolute atomic E-state index is 12.5. The van der Waals surface area contributed by atoms with E-state index < -0.39 is 0 Å². The van der Waals surface area contributed by atoms with Crippen LogP contribution in [0.15, 0.2) is 60.9 Å². The largest absolute Gasteiger partial charge is 0.321 e. The number of aromatic nitrogens is 4. The lowest BCUT2D eigenvalue weighted by Gasteiger charge is -2.07. The van der Waals surface area contributed by atoms with Crippen molar-refractivity contribution in [3.05, 3.63) is 66.6 Å². The first-order valence-electron chi connectivity index (χ1n) is 6.78. The van der Waals surface area contributed by atoms with Crippen LogP contribution in [0.5, 0.6) is 0 Å². The zero-order valence-electron chi connectivity index (χ0n) is 11.5. The lowest BCUT2D eigenvalue weighted by atomic mass is 10.2. The number of anilines is 1. The van der Waals surface area contributed by atoms with Gasteiger partial charge in [-0.05, 0) is 24.3 Å². The molecule has 0 unspecified atom stereocenters. The maximum atomic E-state index is 12.5. The van der Waals surface area contributed by atoms with Crippen LogP contribution in [0.4, 0.5) is 5.69 Å². The summed E-state index contributed by atoms with van der Waals surface area (Å²) in [5, 5.41) is 10.7. The van der Waals surface area contributed by atoms with E-state index in [0.717, 1.165) is 5.52 Å². The minimum atomic E-state index is -0.310. The minimum Gasteiger partial charge on any atom is -0.321 e. The van der Waals surface area contributed by atoms with Crippen molar-refractivity contribution in [3.63, 3.8) is 0 Å². The van der Waals surface area contributed by atoms with Gasteiger partial charge in [-0.15, -0.1) is 10.2 Å². The monoisotopic (exact) mass is 289 g/mol. The van der Waals surface area contributed by atoms with Gasteiger partial charge in [0.05, 0.1) is 11.0 Å². The van der Waals surface area contributed by atoms with Gasteiger partial charge in [0.25, 0.3) is 5.91 Å². The molecule has 2 heterocycles. The molecule has 22 heavy (non-hydrogen) atoms. The number of para-hydroxylation sites is 3. The molecule has 0 saturated carbocycles. The Morgan fingerprint density at radius 2 is 1.77 bits per heavy atom. The Morgan fingerprint density at radius 1 is 1.00 bits per heavy atom. The highest BCUT2D eigenvalue weighted by Gasteiger charge is 2.17. The summed E-state index contributed by atoms with van der Waals surface area (Å²) >= 11 is 0. The SMILES string of the molecule is O=C(Nc1ccccc1)c1nc2ccccc2n2cnnc12. The van der Waals surface area contributed by atoms with Gasteiger partial charge in [-0.25, -0.2) is 4.98 Å². The lowest BCUT2D eigenvalue weighted by molar-refractivity contribution is 0.102. The molecule has 0 aliphatic rings. The highest BCUT2D eigenvalue weighted by Crippen LogP contribution is 2.17. The van der Waals surface area contributed by atoms with Crippen LogP contribution < -0.4 is 5.32 Å². The first kappa shape index (κ1) is 12.5. The smallest absolute Gasteiger partial charge is 0.278 e. The average Bonchev–Trinajstić information content (AvgIpc) is 3.05. The van der Waals surface area contributed by atoms with E-state index >= 15 is 0 Å². The van der Waals surface area contributed by atoms with E-state index in [1.54, 1.807) is 10.7 Å². The predicted octanol–water partition coefficient (Wildman–Crippen LogP) is 2.53.